The Hall–Kier alpha value is -6.64. The Morgan fingerprint density at radius 1 is 0.260 bits per heavy atom. The first-order valence-corrected chi connectivity index (χ1v) is 17.0. The minimum absolute atomic E-state index is 0.840. The number of furan rings is 2. The molecule has 0 spiro atoms. The standard InChI is InChI=1S/C48H30O2/c1-5-13-31(14-6-1)35-21-23-43-40(28-35)41-30-45-47(42-29-36(22-24-44(42)49-45)32-15-7-2-8-16-32)46(48(41)50-43)39-26-37(33-17-9-3-10-18-33)25-38(27-39)34-19-11-4-12-20-34/h1-30H. The zero-order valence-corrected chi connectivity index (χ0v) is 27.1. The fraction of sp³-hybridized carbons (Fsp3) is 0. The average molecular weight is 639 g/mol. The van der Waals surface area contributed by atoms with Crippen molar-refractivity contribution in [2.45, 2.75) is 0 Å². The van der Waals surface area contributed by atoms with Crippen LogP contribution in [0.1, 0.15) is 0 Å². The van der Waals surface area contributed by atoms with Crippen LogP contribution in [0.5, 0.6) is 0 Å². The minimum Gasteiger partial charge on any atom is -0.456 e. The number of fused-ring (bicyclic) bond motifs is 6. The lowest BCUT2D eigenvalue weighted by Crippen LogP contribution is -1.88. The predicted octanol–water partition coefficient (Wildman–Crippen LogP) is 13.8. The Balaban J connectivity index is 1.33. The molecule has 0 unspecified atom stereocenters. The first-order chi connectivity index (χ1) is 24.8. The number of benzene rings is 8. The van der Waals surface area contributed by atoms with Gasteiger partial charge in [0.25, 0.3) is 0 Å². The van der Waals surface area contributed by atoms with Crippen molar-refractivity contribution in [2.24, 2.45) is 0 Å². The van der Waals surface area contributed by atoms with Gasteiger partial charge < -0.3 is 8.83 Å². The molecule has 0 amide bonds. The third-order valence-corrected chi connectivity index (χ3v) is 9.84. The molecule has 0 fully saturated rings. The van der Waals surface area contributed by atoms with Crippen LogP contribution in [0.3, 0.4) is 0 Å². The van der Waals surface area contributed by atoms with Gasteiger partial charge in [-0.25, -0.2) is 0 Å². The lowest BCUT2D eigenvalue weighted by molar-refractivity contribution is 0.664. The predicted molar refractivity (Wildman–Crippen MR) is 208 cm³/mol. The maximum Gasteiger partial charge on any atom is 0.144 e. The fourth-order valence-corrected chi connectivity index (χ4v) is 7.43. The first kappa shape index (κ1) is 28.4. The third kappa shape index (κ3) is 4.73. The van der Waals surface area contributed by atoms with E-state index in [0.29, 0.717) is 0 Å². The molecule has 0 saturated heterocycles. The van der Waals surface area contributed by atoms with E-state index in [1.165, 1.54) is 11.1 Å². The van der Waals surface area contributed by atoms with E-state index in [-0.39, 0.29) is 0 Å². The molecule has 8 aromatic carbocycles. The number of rotatable bonds is 5. The highest BCUT2D eigenvalue weighted by Gasteiger charge is 2.23. The molecule has 0 radical (unpaired) electrons. The minimum atomic E-state index is 0.840. The smallest absolute Gasteiger partial charge is 0.144 e. The highest BCUT2D eigenvalue weighted by Crippen LogP contribution is 2.47. The highest BCUT2D eigenvalue weighted by molar-refractivity contribution is 6.24. The van der Waals surface area contributed by atoms with E-state index in [9.17, 15) is 0 Å². The number of hydrogen-bond acceptors (Lipinski definition) is 2. The van der Waals surface area contributed by atoms with Crippen LogP contribution in [0.4, 0.5) is 0 Å². The number of hydrogen-bond donors (Lipinski definition) is 0. The van der Waals surface area contributed by atoms with Gasteiger partial charge in [0, 0.05) is 27.1 Å². The summed E-state index contributed by atoms with van der Waals surface area (Å²) < 4.78 is 13.7. The fourth-order valence-electron chi connectivity index (χ4n) is 7.43. The van der Waals surface area contributed by atoms with Gasteiger partial charge in [-0.15, -0.1) is 0 Å². The van der Waals surface area contributed by atoms with Crippen molar-refractivity contribution in [1.82, 2.24) is 0 Å². The Morgan fingerprint density at radius 3 is 1.22 bits per heavy atom. The Morgan fingerprint density at radius 2 is 0.700 bits per heavy atom. The van der Waals surface area contributed by atoms with E-state index in [4.69, 9.17) is 8.83 Å². The van der Waals surface area contributed by atoms with Gasteiger partial charge in [-0.05, 0) is 98.6 Å². The summed E-state index contributed by atoms with van der Waals surface area (Å²) in [6.45, 7) is 0. The van der Waals surface area contributed by atoms with Crippen LogP contribution in [0, 0.1) is 0 Å². The van der Waals surface area contributed by atoms with Crippen LogP contribution < -0.4 is 0 Å². The monoisotopic (exact) mass is 638 g/mol. The van der Waals surface area contributed by atoms with E-state index < -0.39 is 0 Å². The quantitative estimate of drug-likeness (QED) is 0.187. The molecule has 0 aliphatic carbocycles. The van der Waals surface area contributed by atoms with Crippen LogP contribution in [0.25, 0.3) is 99.5 Å². The summed E-state index contributed by atoms with van der Waals surface area (Å²) >= 11 is 0. The lowest BCUT2D eigenvalue weighted by Gasteiger charge is -2.13. The molecule has 2 heteroatoms. The van der Waals surface area contributed by atoms with Gasteiger partial charge >= 0.3 is 0 Å². The van der Waals surface area contributed by atoms with Gasteiger partial charge in [0.05, 0.1) is 0 Å². The van der Waals surface area contributed by atoms with Crippen molar-refractivity contribution in [3.05, 3.63) is 182 Å². The molecule has 2 nitrogen and oxygen atoms in total. The van der Waals surface area contributed by atoms with Crippen LogP contribution in [-0.2, 0) is 0 Å². The van der Waals surface area contributed by atoms with Gasteiger partial charge in [0.15, 0.2) is 0 Å². The second-order valence-electron chi connectivity index (χ2n) is 12.9. The molecule has 234 valence electrons. The van der Waals surface area contributed by atoms with Crippen molar-refractivity contribution in [2.75, 3.05) is 0 Å². The van der Waals surface area contributed by atoms with Crippen LogP contribution in [-0.4, -0.2) is 0 Å². The molecule has 10 aromatic rings. The van der Waals surface area contributed by atoms with Gasteiger partial charge in [0.1, 0.15) is 22.3 Å². The van der Waals surface area contributed by atoms with Gasteiger partial charge in [-0.2, -0.15) is 0 Å². The summed E-state index contributed by atoms with van der Waals surface area (Å²) in [7, 11) is 0. The summed E-state index contributed by atoms with van der Waals surface area (Å²) in [5, 5.41) is 4.22. The van der Waals surface area contributed by atoms with Crippen molar-refractivity contribution >= 4 is 43.9 Å². The van der Waals surface area contributed by atoms with E-state index in [1.807, 2.05) is 0 Å². The zero-order chi connectivity index (χ0) is 33.0. The summed E-state index contributed by atoms with van der Waals surface area (Å²) in [6, 6.07) is 64.4. The molecular weight excluding hydrogens is 609 g/mol. The van der Waals surface area contributed by atoms with Crippen LogP contribution in [0.15, 0.2) is 191 Å². The molecule has 10 rings (SSSR count). The Labute approximate surface area is 289 Å². The van der Waals surface area contributed by atoms with E-state index in [0.717, 1.165) is 88.4 Å². The normalized spacial score (nSPS) is 11.6. The largest absolute Gasteiger partial charge is 0.456 e. The van der Waals surface area contributed by atoms with Crippen molar-refractivity contribution < 1.29 is 8.83 Å². The topological polar surface area (TPSA) is 26.3 Å². The highest BCUT2D eigenvalue weighted by atomic mass is 16.3. The Bertz CT molecular complexity index is 2760. The van der Waals surface area contributed by atoms with Crippen molar-refractivity contribution in [3.8, 4) is 55.6 Å². The molecule has 0 N–H and O–H groups in total. The molecule has 2 aromatic heterocycles. The molecule has 2 heterocycles. The average Bonchev–Trinajstić information content (AvgIpc) is 3.75. The molecule has 0 saturated carbocycles. The summed E-state index contributed by atoms with van der Waals surface area (Å²) in [5.41, 5.74) is 14.8. The van der Waals surface area contributed by atoms with Crippen molar-refractivity contribution in [1.29, 1.82) is 0 Å². The van der Waals surface area contributed by atoms with Gasteiger partial charge in [-0.3, -0.25) is 0 Å². The second-order valence-corrected chi connectivity index (χ2v) is 12.9. The first-order valence-electron chi connectivity index (χ1n) is 17.0. The second kappa shape index (κ2) is 11.5. The SMILES string of the molecule is c1ccc(-c2cc(-c3ccccc3)cc(-c3c4oc5ccc(-c6ccccc6)cc5c4cc4oc5ccc(-c6ccccc6)cc5c34)c2)cc1. The van der Waals surface area contributed by atoms with Gasteiger partial charge in [-0.1, -0.05) is 133 Å². The van der Waals surface area contributed by atoms with Gasteiger partial charge in [0.2, 0.25) is 0 Å². The van der Waals surface area contributed by atoms with E-state index >= 15 is 0 Å². The molecular formula is C48H30O2. The molecule has 0 bridgehead atoms. The lowest BCUT2D eigenvalue weighted by atomic mass is 9.90. The van der Waals surface area contributed by atoms with Crippen molar-refractivity contribution in [3.63, 3.8) is 0 Å². The summed E-state index contributed by atoms with van der Waals surface area (Å²) in [6.07, 6.45) is 0. The van der Waals surface area contributed by atoms with Crippen LogP contribution >= 0.6 is 0 Å². The summed E-state index contributed by atoms with van der Waals surface area (Å²) in [5.74, 6) is 0. The molecule has 0 atom stereocenters. The molecule has 0 aliphatic rings. The third-order valence-electron chi connectivity index (χ3n) is 9.84. The maximum atomic E-state index is 6.92. The van der Waals surface area contributed by atoms with Crippen LogP contribution in [0.2, 0.25) is 0 Å². The molecule has 0 aliphatic heterocycles. The van der Waals surface area contributed by atoms with E-state index in [1.54, 1.807) is 0 Å². The summed E-state index contributed by atoms with van der Waals surface area (Å²) in [4.78, 5) is 0. The maximum absolute atomic E-state index is 6.92. The van der Waals surface area contributed by atoms with E-state index in [2.05, 4.69) is 182 Å². The Kier molecular flexibility index (Phi) is 6.53. The zero-order valence-electron chi connectivity index (χ0n) is 27.1. The molecule has 50 heavy (non-hydrogen) atoms.